The van der Waals surface area contributed by atoms with Gasteiger partial charge in [0.1, 0.15) is 0 Å². The lowest BCUT2D eigenvalue weighted by molar-refractivity contribution is -0.136. The number of carbonyl (C=O) groups excluding carboxylic acids is 2. The average Bonchev–Trinajstić information content (AvgIpc) is 2.94. The molecule has 2 aromatic rings. The summed E-state index contributed by atoms with van der Waals surface area (Å²) in [6.45, 7) is 4.39. The van der Waals surface area contributed by atoms with E-state index in [0.29, 0.717) is 18.2 Å². The molecule has 0 spiro atoms. The molecule has 0 aliphatic rings. The van der Waals surface area contributed by atoms with Crippen molar-refractivity contribution in [3.8, 4) is 5.69 Å². The highest BCUT2D eigenvalue weighted by Gasteiger charge is 2.14. The van der Waals surface area contributed by atoms with Crippen molar-refractivity contribution >= 4 is 17.5 Å². The lowest BCUT2D eigenvalue weighted by Crippen LogP contribution is -2.37. The molecule has 1 heterocycles. The molecule has 2 N–H and O–H groups in total. The predicted octanol–water partition coefficient (Wildman–Crippen LogP) is 1.58. The SMILES string of the molecule is CC(C)CNC(=O)C(=O)Nc1cnn(-c2ccccc2)c1. The molecule has 6 nitrogen and oxygen atoms in total. The van der Waals surface area contributed by atoms with Gasteiger partial charge in [0.2, 0.25) is 0 Å². The van der Waals surface area contributed by atoms with Gasteiger partial charge in [-0.2, -0.15) is 5.10 Å². The summed E-state index contributed by atoms with van der Waals surface area (Å²) in [5, 5.41) is 9.23. The quantitative estimate of drug-likeness (QED) is 0.838. The normalized spacial score (nSPS) is 10.4. The Labute approximate surface area is 123 Å². The van der Waals surface area contributed by atoms with Gasteiger partial charge in [-0.15, -0.1) is 0 Å². The molecule has 1 aromatic heterocycles. The van der Waals surface area contributed by atoms with Crippen molar-refractivity contribution in [3.05, 3.63) is 42.7 Å². The standard InChI is InChI=1S/C15H18N4O2/c1-11(2)8-16-14(20)15(21)18-12-9-17-19(10-12)13-6-4-3-5-7-13/h3-7,9-11H,8H2,1-2H3,(H,16,20)(H,18,21). The van der Waals surface area contributed by atoms with E-state index >= 15 is 0 Å². The first-order valence-corrected chi connectivity index (χ1v) is 6.75. The highest BCUT2D eigenvalue weighted by Crippen LogP contribution is 2.10. The second-order valence-corrected chi connectivity index (χ2v) is 5.07. The molecule has 6 heteroatoms. The summed E-state index contributed by atoms with van der Waals surface area (Å²) in [4.78, 5) is 23.3. The number of amides is 2. The number of para-hydroxylation sites is 1. The van der Waals surface area contributed by atoms with Gasteiger partial charge in [0.05, 0.1) is 23.8 Å². The summed E-state index contributed by atoms with van der Waals surface area (Å²) in [6, 6.07) is 9.50. The maximum atomic E-state index is 11.7. The van der Waals surface area contributed by atoms with Crippen molar-refractivity contribution in [3.63, 3.8) is 0 Å². The maximum Gasteiger partial charge on any atom is 0.313 e. The molecule has 0 saturated heterocycles. The molecule has 0 aliphatic heterocycles. The van der Waals surface area contributed by atoms with Gasteiger partial charge in [0.15, 0.2) is 0 Å². The molecule has 0 aliphatic carbocycles. The van der Waals surface area contributed by atoms with Crippen LogP contribution in [-0.4, -0.2) is 28.1 Å². The molecule has 21 heavy (non-hydrogen) atoms. The zero-order valence-corrected chi connectivity index (χ0v) is 12.0. The van der Waals surface area contributed by atoms with Gasteiger partial charge < -0.3 is 10.6 Å². The molecule has 1 aromatic carbocycles. The van der Waals surface area contributed by atoms with E-state index in [-0.39, 0.29) is 0 Å². The number of hydrogen-bond donors (Lipinski definition) is 2. The lowest BCUT2D eigenvalue weighted by Gasteiger charge is -2.06. The topological polar surface area (TPSA) is 76.0 Å². The van der Waals surface area contributed by atoms with E-state index in [0.717, 1.165) is 5.69 Å². The Kier molecular flexibility index (Phi) is 4.71. The van der Waals surface area contributed by atoms with E-state index in [1.165, 1.54) is 6.20 Å². The van der Waals surface area contributed by atoms with E-state index in [2.05, 4.69) is 15.7 Å². The van der Waals surface area contributed by atoms with Crippen LogP contribution in [0.25, 0.3) is 5.69 Å². The molecule has 0 saturated carbocycles. The predicted molar refractivity (Wildman–Crippen MR) is 80.0 cm³/mol. The molecule has 0 fully saturated rings. The van der Waals surface area contributed by atoms with Crippen LogP contribution in [0, 0.1) is 5.92 Å². The zero-order chi connectivity index (χ0) is 15.2. The second-order valence-electron chi connectivity index (χ2n) is 5.07. The van der Waals surface area contributed by atoms with Crippen LogP contribution in [-0.2, 0) is 9.59 Å². The number of nitrogens with one attached hydrogen (secondary N) is 2. The molecule has 0 atom stereocenters. The number of nitrogens with zero attached hydrogens (tertiary/aromatic N) is 2. The molecule has 2 amide bonds. The van der Waals surface area contributed by atoms with Crippen molar-refractivity contribution < 1.29 is 9.59 Å². The summed E-state index contributed by atoms with van der Waals surface area (Å²) in [5.74, 6) is -1.04. The van der Waals surface area contributed by atoms with Crippen LogP contribution in [0.5, 0.6) is 0 Å². The van der Waals surface area contributed by atoms with Gasteiger partial charge in [0, 0.05) is 6.54 Å². The van der Waals surface area contributed by atoms with E-state index in [4.69, 9.17) is 0 Å². The monoisotopic (exact) mass is 286 g/mol. The molecule has 110 valence electrons. The number of rotatable bonds is 4. The van der Waals surface area contributed by atoms with Crippen molar-refractivity contribution in [1.82, 2.24) is 15.1 Å². The van der Waals surface area contributed by atoms with Crippen LogP contribution in [0.1, 0.15) is 13.8 Å². The Morgan fingerprint density at radius 2 is 1.90 bits per heavy atom. The Morgan fingerprint density at radius 1 is 1.19 bits per heavy atom. The number of carbonyl (C=O) groups is 2. The molecule has 0 unspecified atom stereocenters. The smallest absolute Gasteiger partial charge is 0.313 e. The number of aromatic nitrogens is 2. The number of anilines is 1. The summed E-state index contributed by atoms with van der Waals surface area (Å²) in [5.41, 5.74) is 1.35. The van der Waals surface area contributed by atoms with Crippen molar-refractivity contribution in [2.75, 3.05) is 11.9 Å². The molecule has 0 radical (unpaired) electrons. The van der Waals surface area contributed by atoms with Crippen LogP contribution < -0.4 is 10.6 Å². The van der Waals surface area contributed by atoms with Crippen LogP contribution in [0.4, 0.5) is 5.69 Å². The fraction of sp³-hybridized carbons (Fsp3) is 0.267. The minimum absolute atomic E-state index is 0.294. The van der Waals surface area contributed by atoms with Crippen LogP contribution in [0.2, 0.25) is 0 Å². The fourth-order valence-electron chi connectivity index (χ4n) is 1.67. The van der Waals surface area contributed by atoms with Gasteiger partial charge in [0.25, 0.3) is 0 Å². The summed E-state index contributed by atoms with van der Waals surface area (Å²) < 4.78 is 1.63. The minimum Gasteiger partial charge on any atom is -0.348 e. The van der Waals surface area contributed by atoms with Gasteiger partial charge in [-0.25, -0.2) is 4.68 Å². The van der Waals surface area contributed by atoms with Gasteiger partial charge in [-0.1, -0.05) is 32.0 Å². The summed E-state index contributed by atoms with van der Waals surface area (Å²) in [7, 11) is 0. The number of benzene rings is 1. The number of hydrogen-bond acceptors (Lipinski definition) is 3. The Balaban J connectivity index is 1.96. The molecule has 2 rings (SSSR count). The first-order chi connectivity index (χ1) is 10.1. The maximum absolute atomic E-state index is 11.7. The van der Waals surface area contributed by atoms with Crippen LogP contribution in [0.15, 0.2) is 42.7 Å². The van der Waals surface area contributed by atoms with Crippen molar-refractivity contribution in [2.45, 2.75) is 13.8 Å². The Morgan fingerprint density at radius 3 is 2.57 bits per heavy atom. The highest BCUT2D eigenvalue weighted by molar-refractivity contribution is 6.39. The van der Waals surface area contributed by atoms with E-state index < -0.39 is 11.8 Å². The van der Waals surface area contributed by atoms with Gasteiger partial charge in [-0.05, 0) is 18.1 Å². The molecule has 0 bridgehead atoms. The zero-order valence-electron chi connectivity index (χ0n) is 12.0. The third kappa shape index (κ3) is 4.17. The fourth-order valence-corrected chi connectivity index (χ4v) is 1.67. The first-order valence-electron chi connectivity index (χ1n) is 6.75. The Hall–Kier alpha value is -2.63. The average molecular weight is 286 g/mol. The third-order valence-corrected chi connectivity index (χ3v) is 2.74. The van der Waals surface area contributed by atoms with E-state index in [9.17, 15) is 9.59 Å². The van der Waals surface area contributed by atoms with Crippen molar-refractivity contribution in [1.29, 1.82) is 0 Å². The van der Waals surface area contributed by atoms with Crippen LogP contribution in [0.3, 0.4) is 0 Å². The first kappa shape index (κ1) is 14.8. The molecular formula is C15H18N4O2. The largest absolute Gasteiger partial charge is 0.348 e. The van der Waals surface area contributed by atoms with Gasteiger partial charge in [-0.3, -0.25) is 9.59 Å². The van der Waals surface area contributed by atoms with E-state index in [1.807, 2.05) is 44.2 Å². The summed E-state index contributed by atoms with van der Waals surface area (Å²) >= 11 is 0. The van der Waals surface area contributed by atoms with Crippen molar-refractivity contribution in [2.24, 2.45) is 5.92 Å². The van der Waals surface area contributed by atoms with Gasteiger partial charge >= 0.3 is 11.8 Å². The minimum atomic E-state index is -0.691. The molecular weight excluding hydrogens is 268 g/mol. The highest BCUT2D eigenvalue weighted by atomic mass is 16.2. The summed E-state index contributed by atoms with van der Waals surface area (Å²) in [6.07, 6.45) is 3.16. The third-order valence-electron chi connectivity index (χ3n) is 2.74. The Bertz CT molecular complexity index is 620. The lowest BCUT2D eigenvalue weighted by atomic mass is 10.2. The van der Waals surface area contributed by atoms with E-state index in [1.54, 1.807) is 10.9 Å². The van der Waals surface area contributed by atoms with Crippen LogP contribution >= 0.6 is 0 Å². The second kappa shape index (κ2) is 6.69.